The Kier molecular flexibility index (Phi) is 5.65. The zero-order valence-corrected chi connectivity index (χ0v) is 16.8. The van der Waals surface area contributed by atoms with Crippen molar-refractivity contribution in [2.45, 2.75) is 52.0 Å². The molecular formula is C25H29NO. The highest BCUT2D eigenvalue weighted by Crippen LogP contribution is 2.24. The third-order valence-corrected chi connectivity index (χ3v) is 5.16. The molecule has 1 atom stereocenters. The lowest BCUT2D eigenvalue weighted by atomic mass is 9.86. The molecule has 0 aliphatic rings. The van der Waals surface area contributed by atoms with E-state index in [1.807, 2.05) is 13.0 Å². The van der Waals surface area contributed by atoms with Crippen molar-refractivity contribution in [3.8, 4) is 0 Å². The molecule has 3 aromatic rings. The van der Waals surface area contributed by atoms with E-state index >= 15 is 0 Å². The Morgan fingerprint density at radius 2 is 1.59 bits per heavy atom. The largest absolute Gasteiger partial charge is 0.350 e. The van der Waals surface area contributed by atoms with Crippen LogP contribution in [0.3, 0.4) is 0 Å². The summed E-state index contributed by atoms with van der Waals surface area (Å²) in [5.74, 6) is 0.0929. The summed E-state index contributed by atoms with van der Waals surface area (Å²) in [5, 5.41) is 5.59. The van der Waals surface area contributed by atoms with Gasteiger partial charge in [0.15, 0.2) is 0 Å². The van der Waals surface area contributed by atoms with Crippen molar-refractivity contribution in [2.75, 3.05) is 0 Å². The molecule has 2 nitrogen and oxygen atoms in total. The van der Waals surface area contributed by atoms with Gasteiger partial charge in [0.25, 0.3) is 0 Å². The minimum Gasteiger partial charge on any atom is -0.350 e. The highest BCUT2D eigenvalue weighted by molar-refractivity contribution is 5.86. The molecule has 0 aromatic heterocycles. The smallest absolute Gasteiger partial charge is 0.220 e. The van der Waals surface area contributed by atoms with Crippen LogP contribution in [0, 0.1) is 0 Å². The molecule has 27 heavy (non-hydrogen) atoms. The highest BCUT2D eigenvalue weighted by atomic mass is 16.1. The normalized spacial score (nSPS) is 12.7. The Hall–Kier alpha value is -2.61. The SMILES string of the molecule is CC(NC(=O)CCc1cccc2ccccc12)c1ccc(C(C)(C)C)cc1. The van der Waals surface area contributed by atoms with Crippen molar-refractivity contribution in [3.05, 3.63) is 83.4 Å². The first-order chi connectivity index (χ1) is 12.8. The summed E-state index contributed by atoms with van der Waals surface area (Å²) in [5.41, 5.74) is 3.82. The summed E-state index contributed by atoms with van der Waals surface area (Å²) in [6.07, 6.45) is 1.25. The zero-order valence-electron chi connectivity index (χ0n) is 16.8. The van der Waals surface area contributed by atoms with E-state index in [2.05, 4.69) is 86.8 Å². The Morgan fingerprint density at radius 1 is 0.926 bits per heavy atom. The van der Waals surface area contributed by atoms with Crippen LogP contribution in [0.4, 0.5) is 0 Å². The molecule has 0 aliphatic heterocycles. The predicted molar refractivity (Wildman–Crippen MR) is 114 cm³/mol. The van der Waals surface area contributed by atoms with Gasteiger partial charge in [0, 0.05) is 6.42 Å². The van der Waals surface area contributed by atoms with Crippen LogP contribution >= 0.6 is 0 Å². The summed E-state index contributed by atoms with van der Waals surface area (Å²) in [6.45, 7) is 8.67. The Labute approximate surface area is 162 Å². The maximum atomic E-state index is 12.5. The molecule has 3 aromatic carbocycles. The fourth-order valence-corrected chi connectivity index (χ4v) is 3.43. The van der Waals surface area contributed by atoms with Crippen LogP contribution in [0.5, 0.6) is 0 Å². The number of fused-ring (bicyclic) bond motifs is 1. The van der Waals surface area contributed by atoms with Crippen LogP contribution in [0.25, 0.3) is 10.8 Å². The molecule has 0 radical (unpaired) electrons. The molecule has 0 saturated heterocycles. The van der Waals surface area contributed by atoms with Crippen molar-refractivity contribution in [3.63, 3.8) is 0 Å². The molecule has 0 aliphatic carbocycles. The second-order valence-electron chi connectivity index (χ2n) is 8.30. The van der Waals surface area contributed by atoms with E-state index in [0.717, 1.165) is 12.0 Å². The van der Waals surface area contributed by atoms with E-state index in [9.17, 15) is 4.79 Å². The topological polar surface area (TPSA) is 29.1 Å². The molecule has 0 bridgehead atoms. The number of hydrogen-bond donors (Lipinski definition) is 1. The maximum absolute atomic E-state index is 12.5. The standard InChI is InChI=1S/C25H29NO/c1-18(19-12-15-22(16-13-19)25(2,3)4)26-24(27)17-14-21-10-7-9-20-8-5-6-11-23(20)21/h5-13,15-16,18H,14,17H2,1-4H3,(H,26,27). The van der Waals surface area contributed by atoms with Crippen LogP contribution in [0.2, 0.25) is 0 Å². The van der Waals surface area contributed by atoms with E-state index in [1.54, 1.807) is 0 Å². The molecule has 0 spiro atoms. The first-order valence-corrected chi connectivity index (χ1v) is 9.71. The number of rotatable bonds is 5. The lowest BCUT2D eigenvalue weighted by Gasteiger charge is -2.20. The summed E-state index contributed by atoms with van der Waals surface area (Å²) < 4.78 is 0. The van der Waals surface area contributed by atoms with Gasteiger partial charge in [-0.1, -0.05) is 87.5 Å². The van der Waals surface area contributed by atoms with Gasteiger partial charge in [0.2, 0.25) is 5.91 Å². The van der Waals surface area contributed by atoms with Gasteiger partial charge in [0.1, 0.15) is 0 Å². The van der Waals surface area contributed by atoms with E-state index < -0.39 is 0 Å². The second-order valence-corrected chi connectivity index (χ2v) is 8.30. The van der Waals surface area contributed by atoms with Gasteiger partial charge in [0.05, 0.1) is 6.04 Å². The quantitative estimate of drug-likeness (QED) is 0.599. The summed E-state index contributed by atoms with van der Waals surface area (Å²) >= 11 is 0. The second kappa shape index (κ2) is 7.96. The Morgan fingerprint density at radius 3 is 2.30 bits per heavy atom. The molecule has 140 valence electrons. The van der Waals surface area contributed by atoms with Gasteiger partial charge in [-0.05, 0) is 46.2 Å². The van der Waals surface area contributed by atoms with Gasteiger partial charge in [-0.25, -0.2) is 0 Å². The van der Waals surface area contributed by atoms with Crippen molar-refractivity contribution < 1.29 is 4.79 Å². The van der Waals surface area contributed by atoms with Crippen molar-refractivity contribution >= 4 is 16.7 Å². The highest BCUT2D eigenvalue weighted by Gasteiger charge is 2.15. The van der Waals surface area contributed by atoms with Crippen LogP contribution in [0.15, 0.2) is 66.7 Å². The van der Waals surface area contributed by atoms with Gasteiger partial charge in [-0.2, -0.15) is 0 Å². The number of hydrogen-bond acceptors (Lipinski definition) is 1. The molecule has 2 heteroatoms. The van der Waals surface area contributed by atoms with Gasteiger partial charge < -0.3 is 5.32 Å². The van der Waals surface area contributed by atoms with Crippen molar-refractivity contribution in [1.29, 1.82) is 0 Å². The van der Waals surface area contributed by atoms with Gasteiger partial charge in [-0.15, -0.1) is 0 Å². The molecule has 0 fully saturated rings. The fraction of sp³-hybridized carbons (Fsp3) is 0.320. The van der Waals surface area contributed by atoms with E-state index in [1.165, 1.54) is 21.9 Å². The molecule has 0 saturated carbocycles. The number of benzene rings is 3. The Balaban J connectivity index is 1.60. The average Bonchev–Trinajstić information content (AvgIpc) is 2.65. The van der Waals surface area contributed by atoms with E-state index in [0.29, 0.717) is 6.42 Å². The minimum absolute atomic E-state index is 0.0130. The maximum Gasteiger partial charge on any atom is 0.220 e. The van der Waals surface area contributed by atoms with Gasteiger partial charge in [-0.3, -0.25) is 4.79 Å². The first kappa shape index (κ1) is 19.2. The summed E-state index contributed by atoms with van der Waals surface area (Å²) in [4.78, 5) is 12.5. The molecule has 0 heterocycles. The number of carbonyl (C=O) groups excluding carboxylic acids is 1. The van der Waals surface area contributed by atoms with Crippen LogP contribution in [-0.4, -0.2) is 5.91 Å². The summed E-state index contributed by atoms with van der Waals surface area (Å²) in [6, 6.07) is 23.2. The molecule has 1 N–H and O–H groups in total. The monoisotopic (exact) mass is 359 g/mol. The van der Waals surface area contributed by atoms with E-state index in [4.69, 9.17) is 0 Å². The fourth-order valence-electron chi connectivity index (χ4n) is 3.43. The van der Waals surface area contributed by atoms with Crippen molar-refractivity contribution in [2.24, 2.45) is 0 Å². The lowest BCUT2D eigenvalue weighted by Crippen LogP contribution is -2.27. The van der Waals surface area contributed by atoms with E-state index in [-0.39, 0.29) is 17.4 Å². The van der Waals surface area contributed by atoms with Gasteiger partial charge >= 0.3 is 0 Å². The number of nitrogens with one attached hydrogen (secondary N) is 1. The molecular weight excluding hydrogens is 330 g/mol. The third kappa shape index (κ3) is 4.77. The van der Waals surface area contributed by atoms with Crippen LogP contribution < -0.4 is 5.32 Å². The summed E-state index contributed by atoms with van der Waals surface area (Å²) in [7, 11) is 0. The molecule has 3 rings (SSSR count). The minimum atomic E-state index is 0.0130. The number of carbonyl (C=O) groups is 1. The molecule has 1 unspecified atom stereocenters. The third-order valence-electron chi connectivity index (χ3n) is 5.16. The lowest BCUT2D eigenvalue weighted by molar-refractivity contribution is -0.121. The first-order valence-electron chi connectivity index (χ1n) is 9.71. The van der Waals surface area contributed by atoms with Crippen LogP contribution in [-0.2, 0) is 16.6 Å². The number of aryl methyl sites for hydroxylation is 1. The molecule has 1 amide bonds. The average molecular weight is 360 g/mol. The number of amides is 1. The predicted octanol–water partition coefficient (Wildman–Crippen LogP) is 5.95. The van der Waals surface area contributed by atoms with Crippen molar-refractivity contribution in [1.82, 2.24) is 5.32 Å². The zero-order chi connectivity index (χ0) is 19.4. The Bertz CT molecular complexity index is 914. The van der Waals surface area contributed by atoms with Crippen LogP contribution in [0.1, 0.15) is 56.8 Å².